The lowest BCUT2D eigenvalue weighted by molar-refractivity contribution is -0.142. The highest BCUT2D eigenvalue weighted by Crippen LogP contribution is 2.24. The zero-order valence-electron chi connectivity index (χ0n) is 8.13. The molecule has 0 amide bonds. The molecule has 0 radical (unpaired) electrons. The fraction of sp³-hybridized carbons (Fsp3) is 0.300. The van der Waals surface area contributed by atoms with Gasteiger partial charge in [0.2, 0.25) is 0 Å². The van der Waals surface area contributed by atoms with E-state index in [9.17, 15) is 13.6 Å². The van der Waals surface area contributed by atoms with E-state index in [4.69, 9.17) is 10.8 Å². The van der Waals surface area contributed by atoms with Crippen LogP contribution in [0, 0.1) is 11.6 Å². The summed E-state index contributed by atoms with van der Waals surface area (Å²) in [7, 11) is 0. The Morgan fingerprint density at radius 2 is 1.87 bits per heavy atom. The van der Waals surface area contributed by atoms with Crippen molar-refractivity contribution >= 4 is 5.97 Å². The maximum Gasteiger partial charge on any atom is 0.315 e. The van der Waals surface area contributed by atoms with Crippen molar-refractivity contribution in [1.29, 1.82) is 0 Å². The Morgan fingerprint density at radius 3 is 2.20 bits per heavy atom. The van der Waals surface area contributed by atoms with E-state index in [0.717, 1.165) is 12.1 Å². The molecule has 0 saturated heterocycles. The first-order valence-corrected chi connectivity index (χ1v) is 4.30. The second kappa shape index (κ2) is 3.94. The molecule has 1 atom stereocenters. The second-order valence-corrected chi connectivity index (χ2v) is 3.50. The highest BCUT2D eigenvalue weighted by Gasteiger charge is 2.34. The van der Waals surface area contributed by atoms with Crippen LogP contribution in [0.1, 0.15) is 12.5 Å². The fourth-order valence-corrected chi connectivity index (χ4v) is 1.20. The van der Waals surface area contributed by atoms with Gasteiger partial charge in [0.05, 0.1) is 0 Å². The summed E-state index contributed by atoms with van der Waals surface area (Å²) in [5.74, 6) is -2.84. The summed E-state index contributed by atoms with van der Waals surface area (Å²) in [6.07, 6.45) is 0. The highest BCUT2D eigenvalue weighted by molar-refractivity contribution is 5.81. The molecule has 0 aliphatic carbocycles. The third-order valence-corrected chi connectivity index (χ3v) is 2.38. The Balaban J connectivity index is 3.29. The van der Waals surface area contributed by atoms with Crippen LogP contribution >= 0.6 is 0 Å². The van der Waals surface area contributed by atoms with Gasteiger partial charge >= 0.3 is 5.97 Å². The van der Waals surface area contributed by atoms with Gasteiger partial charge in [-0.3, -0.25) is 4.79 Å². The molecular weight excluding hydrogens is 204 g/mol. The van der Waals surface area contributed by atoms with E-state index < -0.39 is 23.0 Å². The Kier molecular flexibility index (Phi) is 3.04. The van der Waals surface area contributed by atoms with Gasteiger partial charge in [-0.2, -0.15) is 0 Å². The smallest absolute Gasteiger partial charge is 0.315 e. The SMILES string of the molecule is CC(CN)(C(=O)O)c1cc(F)cc(F)c1. The molecule has 82 valence electrons. The van der Waals surface area contributed by atoms with Crippen molar-refractivity contribution in [1.82, 2.24) is 0 Å². The molecule has 0 aromatic heterocycles. The maximum atomic E-state index is 12.9. The molecule has 3 N–H and O–H groups in total. The van der Waals surface area contributed by atoms with Gasteiger partial charge in [0.25, 0.3) is 0 Å². The van der Waals surface area contributed by atoms with E-state index in [1.165, 1.54) is 6.92 Å². The number of nitrogens with two attached hydrogens (primary N) is 1. The number of rotatable bonds is 3. The quantitative estimate of drug-likeness (QED) is 0.798. The summed E-state index contributed by atoms with van der Waals surface area (Å²) >= 11 is 0. The zero-order chi connectivity index (χ0) is 11.6. The lowest BCUT2D eigenvalue weighted by atomic mass is 9.82. The van der Waals surface area contributed by atoms with Gasteiger partial charge in [0.1, 0.15) is 17.0 Å². The number of carboxylic acids is 1. The van der Waals surface area contributed by atoms with Crippen molar-refractivity contribution in [2.75, 3.05) is 6.54 Å². The van der Waals surface area contributed by atoms with E-state index in [2.05, 4.69) is 0 Å². The van der Waals surface area contributed by atoms with Crippen LogP contribution in [-0.2, 0) is 10.2 Å². The van der Waals surface area contributed by atoms with Gasteiger partial charge in [-0.05, 0) is 24.6 Å². The Morgan fingerprint density at radius 1 is 1.40 bits per heavy atom. The number of carbonyl (C=O) groups is 1. The number of aliphatic carboxylic acids is 1. The third-order valence-electron chi connectivity index (χ3n) is 2.38. The molecule has 1 rings (SSSR count). The lowest BCUT2D eigenvalue weighted by Gasteiger charge is -2.23. The summed E-state index contributed by atoms with van der Waals surface area (Å²) in [6.45, 7) is 1.09. The average molecular weight is 215 g/mol. The van der Waals surface area contributed by atoms with Gasteiger partial charge < -0.3 is 10.8 Å². The van der Waals surface area contributed by atoms with E-state index in [-0.39, 0.29) is 12.1 Å². The van der Waals surface area contributed by atoms with Gasteiger partial charge in [-0.25, -0.2) is 8.78 Å². The number of halogens is 2. The van der Waals surface area contributed by atoms with E-state index >= 15 is 0 Å². The Labute approximate surface area is 85.5 Å². The minimum absolute atomic E-state index is 0.0231. The number of hydrogen-bond acceptors (Lipinski definition) is 2. The van der Waals surface area contributed by atoms with Gasteiger partial charge in [0, 0.05) is 12.6 Å². The molecule has 0 aliphatic rings. The van der Waals surface area contributed by atoms with E-state index in [1.54, 1.807) is 0 Å². The second-order valence-electron chi connectivity index (χ2n) is 3.50. The predicted molar refractivity (Wildman–Crippen MR) is 50.4 cm³/mol. The van der Waals surface area contributed by atoms with Gasteiger partial charge in [-0.15, -0.1) is 0 Å². The molecule has 0 saturated carbocycles. The first-order chi connectivity index (χ1) is 6.90. The van der Waals surface area contributed by atoms with Crippen molar-refractivity contribution in [3.05, 3.63) is 35.4 Å². The Hall–Kier alpha value is -1.49. The van der Waals surface area contributed by atoms with Crippen LogP contribution < -0.4 is 5.73 Å². The number of benzene rings is 1. The van der Waals surface area contributed by atoms with E-state index in [0.29, 0.717) is 6.07 Å². The fourth-order valence-electron chi connectivity index (χ4n) is 1.20. The molecule has 3 nitrogen and oxygen atoms in total. The van der Waals surface area contributed by atoms with Crippen LogP contribution in [0.2, 0.25) is 0 Å². The van der Waals surface area contributed by atoms with Crippen molar-refractivity contribution in [2.45, 2.75) is 12.3 Å². The minimum atomic E-state index is -1.47. The lowest BCUT2D eigenvalue weighted by Crippen LogP contribution is -2.40. The highest BCUT2D eigenvalue weighted by atomic mass is 19.1. The van der Waals surface area contributed by atoms with Crippen molar-refractivity contribution in [3.8, 4) is 0 Å². The standard InChI is InChI=1S/C10H11F2NO2/c1-10(5-13,9(14)15)6-2-7(11)4-8(12)3-6/h2-4H,5,13H2,1H3,(H,14,15). The summed E-state index contributed by atoms with van der Waals surface area (Å²) in [5.41, 5.74) is 3.87. The average Bonchev–Trinajstić information content (AvgIpc) is 2.14. The number of hydrogen-bond donors (Lipinski definition) is 2. The predicted octanol–water partition coefficient (Wildman–Crippen LogP) is 1.27. The summed E-state index contributed by atoms with van der Waals surface area (Å²) < 4.78 is 25.8. The summed E-state index contributed by atoms with van der Waals surface area (Å²) in [4.78, 5) is 11.0. The first-order valence-electron chi connectivity index (χ1n) is 4.30. The molecule has 0 spiro atoms. The van der Waals surface area contributed by atoms with Crippen LogP contribution in [0.5, 0.6) is 0 Å². The molecular formula is C10H11F2NO2. The molecule has 5 heteroatoms. The van der Waals surface area contributed by atoms with E-state index in [1.807, 2.05) is 0 Å². The van der Waals surface area contributed by atoms with Crippen molar-refractivity contribution in [2.24, 2.45) is 5.73 Å². The van der Waals surface area contributed by atoms with Gasteiger partial charge in [-0.1, -0.05) is 0 Å². The van der Waals surface area contributed by atoms with Crippen LogP contribution in [0.15, 0.2) is 18.2 Å². The molecule has 0 bridgehead atoms. The third kappa shape index (κ3) is 2.12. The van der Waals surface area contributed by atoms with Crippen molar-refractivity contribution in [3.63, 3.8) is 0 Å². The van der Waals surface area contributed by atoms with Crippen molar-refractivity contribution < 1.29 is 18.7 Å². The molecule has 0 fully saturated rings. The Bertz CT molecular complexity index is 375. The topological polar surface area (TPSA) is 63.3 Å². The molecule has 1 unspecified atom stereocenters. The molecule has 0 aliphatic heterocycles. The first kappa shape index (κ1) is 11.6. The van der Waals surface area contributed by atoms with Crippen LogP contribution in [0.4, 0.5) is 8.78 Å². The summed E-state index contributed by atoms with van der Waals surface area (Å²) in [6, 6.07) is 2.64. The molecule has 0 heterocycles. The normalized spacial score (nSPS) is 14.7. The maximum absolute atomic E-state index is 12.9. The zero-order valence-corrected chi connectivity index (χ0v) is 8.13. The molecule has 1 aromatic rings. The number of carboxylic acid groups (broad SMARTS) is 1. The minimum Gasteiger partial charge on any atom is -0.481 e. The monoisotopic (exact) mass is 215 g/mol. The van der Waals surface area contributed by atoms with Crippen LogP contribution in [0.25, 0.3) is 0 Å². The van der Waals surface area contributed by atoms with Gasteiger partial charge in [0.15, 0.2) is 0 Å². The summed E-state index contributed by atoms with van der Waals surface area (Å²) in [5, 5.41) is 8.94. The molecule has 15 heavy (non-hydrogen) atoms. The van der Waals surface area contributed by atoms with Crippen LogP contribution in [-0.4, -0.2) is 17.6 Å². The largest absolute Gasteiger partial charge is 0.481 e. The van der Waals surface area contributed by atoms with Crippen LogP contribution in [0.3, 0.4) is 0 Å². The molecule has 1 aromatic carbocycles.